The molecule has 0 aliphatic carbocycles. The zero-order chi connectivity index (χ0) is 18.4. The Hall–Kier alpha value is -2.48. The van der Waals surface area contributed by atoms with Crippen molar-refractivity contribution in [3.05, 3.63) is 57.6 Å². The van der Waals surface area contributed by atoms with E-state index in [2.05, 4.69) is 10.3 Å². The van der Waals surface area contributed by atoms with E-state index in [-0.39, 0.29) is 5.13 Å². The number of anilines is 1. The highest BCUT2D eigenvalue weighted by Crippen LogP contribution is 2.36. The van der Waals surface area contributed by atoms with Crippen LogP contribution in [0.15, 0.2) is 36.4 Å². The molecule has 0 spiro atoms. The van der Waals surface area contributed by atoms with Crippen LogP contribution in [0.1, 0.15) is 20.7 Å². The maximum absolute atomic E-state index is 12.3. The molecular weight excluding hydrogens is 397 g/mol. The Kier molecular flexibility index (Phi) is 4.14. The maximum atomic E-state index is 12.3. The second-order valence-electron chi connectivity index (χ2n) is 5.52. The number of hydrogen-bond acceptors (Lipinski definition) is 5. The Bertz CT molecular complexity index is 1020. The molecule has 0 radical (unpaired) electrons. The van der Waals surface area contributed by atoms with Gasteiger partial charge in [-0.1, -0.05) is 46.7 Å². The minimum absolute atomic E-state index is 0.289. The molecule has 9 heteroatoms. The van der Waals surface area contributed by atoms with Gasteiger partial charge in [0.15, 0.2) is 5.13 Å². The number of amides is 3. The number of carbonyl (C=O) groups excluding carboxylic acids is 3. The third-order valence-electron chi connectivity index (χ3n) is 3.87. The van der Waals surface area contributed by atoms with E-state index in [1.54, 1.807) is 36.4 Å². The summed E-state index contributed by atoms with van der Waals surface area (Å²) in [5.41, 5.74) is 1.08. The first-order valence-electron chi connectivity index (χ1n) is 7.45. The van der Waals surface area contributed by atoms with Crippen LogP contribution in [0.5, 0.6) is 0 Å². The number of imide groups is 1. The molecule has 1 aliphatic heterocycles. The molecule has 1 aromatic heterocycles. The van der Waals surface area contributed by atoms with E-state index in [1.165, 1.54) is 11.3 Å². The van der Waals surface area contributed by atoms with Crippen LogP contribution in [0.2, 0.25) is 10.0 Å². The fourth-order valence-corrected chi connectivity index (χ4v) is 4.12. The number of rotatable bonds is 3. The van der Waals surface area contributed by atoms with Gasteiger partial charge in [0.1, 0.15) is 12.1 Å². The Morgan fingerprint density at radius 1 is 1.04 bits per heavy atom. The van der Waals surface area contributed by atoms with Gasteiger partial charge in [0.2, 0.25) is 5.91 Å². The van der Waals surface area contributed by atoms with Crippen molar-refractivity contribution in [2.75, 3.05) is 11.9 Å². The van der Waals surface area contributed by atoms with E-state index in [0.717, 1.165) is 4.90 Å². The molecule has 3 amide bonds. The van der Waals surface area contributed by atoms with Gasteiger partial charge in [-0.2, -0.15) is 0 Å². The summed E-state index contributed by atoms with van der Waals surface area (Å²) < 4.78 is 0.648. The fourth-order valence-electron chi connectivity index (χ4n) is 2.68. The first-order chi connectivity index (χ1) is 12.5. The van der Waals surface area contributed by atoms with Crippen molar-refractivity contribution in [1.29, 1.82) is 0 Å². The highest BCUT2D eigenvalue weighted by atomic mass is 35.5. The second-order valence-corrected chi connectivity index (χ2v) is 7.33. The lowest BCUT2D eigenvalue weighted by Crippen LogP contribution is -2.37. The number of nitrogens with one attached hydrogen (secondary N) is 1. The molecule has 1 N–H and O–H groups in total. The standard InChI is InChI=1S/C17H9Cl2N3O3S/c18-10-5-6-11(19)14-13(10)21-17(26-14)20-12(23)7-22-15(24)8-3-1-2-4-9(8)16(22)25/h1-6H,7H2,(H,20,21,23). The topological polar surface area (TPSA) is 79.4 Å². The van der Waals surface area contributed by atoms with Gasteiger partial charge < -0.3 is 5.32 Å². The first-order valence-corrected chi connectivity index (χ1v) is 9.02. The van der Waals surface area contributed by atoms with Gasteiger partial charge in [0, 0.05) is 0 Å². The van der Waals surface area contributed by atoms with Crippen LogP contribution in [-0.2, 0) is 4.79 Å². The minimum atomic E-state index is -0.536. The Morgan fingerprint density at radius 3 is 2.27 bits per heavy atom. The normalized spacial score (nSPS) is 13.4. The van der Waals surface area contributed by atoms with Gasteiger partial charge in [-0.3, -0.25) is 19.3 Å². The number of hydrogen-bond donors (Lipinski definition) is 1. The van der Waals surface area contributed by atoms with Crippen LogP contribution >= 0.6 is 34.5 Å². The molecule has 0 atom stereocenters. The molecular formula is C17H9Cl2N3O3S. The van der Waals surface area contributed by atoms with Gasteiger partial charge in [-0.25, -0.2) is 4.98 Å². The zero-order valence-electron chi connectivity index (χ0n) is 13.0. The molecule has 26 heavy (non-hydrogen) atoms. The molecule has 0 saturated carbocycles. The van der Waals surface area contributed by atoms with Crippen molar-refractivity contribution in [2.45, 2.75) is 0 Å². The van der Waals surface area contributed by atoms with Gasteiger partial charge in [0.25, 0.3) is 11.8 Å². The lowest BCUT2D eigenvalue weighted by molar-refractivity contribution is -0.116. The van der Waals surface area contributed by atoms with E-state index >= 15 is 0 Å². The largest absolute Gasteiger partial charge is 0.300 e. The molecule has 3 aromatic rings. The number of fused-ring (bicyclic) bond motifs is 2. The molecule has 0 fully saturated rings. The van der Waals surface area contributed by atoms with E-state index in [1.807, 2.05) is 0 Å². The molecule has 0 unspecified atom stereocenters. The summed E-state index contributed by atoms with van der Waals surface area (Å²) in [4.78, 5) is 42.1. The second kappa shape index (κ2) is 6.35. The van der Waals surface area contributed by atoms with Crippen molar-refractivity contribution in [3.63, 3.8) is 0 Å². The number of carbonyl (C=O) groups is 3. The number of halogens is 2. The highest BCUT2D eigenvalue weighted by Gasteiger charge is 2.36. The minimum Gasteiger partial charge on any atom is -0.300 e. The number of benzene rings is 2. The molecule has 0 bridgehead atoms. The number of nitrogens with zero attached hydrogens (tertiary/aromatic N) is 2. The zero-order valence-corrected chi connectivity index (χ0v) is 15.3. The van der Waals surface area contributed by atoms with Gasteiger partial charge in [-0.05, 0) is 24.3 Å². The lowest BCUT2D eigenvalue weighted by atomic mass is 10.1. The Balaban J connectivity index is 1.54. The predicted octanol–water partition coefficient (Wildman–Crippen LogP) is 3.84. The molecule has 1 aliphatic rings. The summed E-state index contributed by atoms with van der Waals surface area (Å²) in [6.45, 7) is -0.399. The van der Waals surface area contributed by atoms with Crippen molar-refractivity contribution in [1.82, 2.24) is 9.88 Å². The van der Waals surface area contributed by atoms with Crippen LogP contribution in [0.3, 0.4) is 0 Å². The maximum Gasteiger partial charge on any atom is 0.262 e. The molecule has 130 valence electrons. The lowest BCUT2D eigenvalue weighted by Gasteiger charge is -2.12. The summed E-state index contributed by atoms with van der Waals surface area (Å²) in [5, 5.41) is 3.77. The summed E-state index contributed by atoms with van der Waals surface area (Å²) >= 11 is 13.4. The van der Waals surface area contributed by atoms with Crippen LogP contribution in [0.4, 0.5) is 5.13 Å². The van der Waals surface area contributed by atoms with Gasteiger partial charge in [0.05, 0.1) is 25.9 Å². The van der Waals surface area contributed by atoms with Crippen LogP contribution in [0.25, 0.3) is 10.2 Å². The molecule has 2 heterocycles. The fraction of sp³-hybridized carbons (Fsp3) is 0.0588. The quantitative estimate of drug-likeness (QED) is 0.671. The predicted molar refractivity (Wildman–Crippen MR) is 100 cm³/mol. The average Bonchev–Trinajstić information content (AvgIpc) is 3.15. The first kappa shape index (κ1) is 17.0. The van der Waals surface area contributed by atoms with E-state index in [0.29, 0.717) is 31.4 Å². The summed E-state index contributed by atoms with van der Waals surface area (Å²) in [7, 11) is 0. The SMILES string of the molecule is O=C(CN1C(=O)c2ccccc2C1=O)Nc1nc2c(Cl)ccc(Cl)c2s1. The van der Waals surface area contributed by atoms with E-state index in [9.17, 15) is 14.4 Å². The highest BCUT2D eigenvalue weighted by molar-refractivity contribution is 7.23. The van der Waals surface area contributed by atoms with E-state index < -0.39 is 24.3 Å². The molecule has 4 rings (SSSR count). The monoisotopic (exact) mass is 405 g/mol. The van der Waals surface area contributed by atoms with Crippen LogP contribution in [-0.4, -0.2) is 34.2 Å². The third-order valence-corrected chi connectivity index (χ3v) is 5.61. The van der Waals surface area contributed by atoms with E-state index in [4.69, 9.17) is 23.2 Å². The average molecular weight is 406 g/mol. The molecule has 0 saturated heterocycles. The van der Waals surface area contributed by atoms with Crippen molar-refractivity contribution in [2.24, 2.45) is 0 Å². The summed E-state index contributed by atoms with van der Waals surface area (Å²) in [6.07, 6.45) is 0. The Morgan fingerprint density at radius 2 is 1.65 bits per heavy atom. The summed E-state index contributed by atoms with van der Waals surface area (Å²) in [6, 6.07) is 9.73. The molecule has 6 nitrogen and oxygen atoms in total. The van der Waals surface area contributed by atoms with Gasteiger partial charge in [-0.15, -0.1) is 0 Å². The molecule has 2 aromatic carbocycles. The summed E-state index contributed by atoms with van der Waals surface area (Å²) in [5.74, 6) is -1.52. The van der Waals surface area contributed by atoms with Gasteiger partial charge >= 0.3 is 0 Å². The number of thiazole rings is 1. The Labute approximate surface area is 161 Å². The van der Waals surface area contributed by atoms with Crippen LogP contribution in [0, 0.1) is 0 Å². The third kappa shape index (κ3) is 2.74. The number of aromatic nitrogens is 1. The smallest absolute Gasteiger partial charge is 0.262 e. The van der Waals surface area contributed by atoms with Crippen molar-refractivity contribution < 1.29 is 14.4 Å². The van der Waals surface area contributed by atoms with Crippen molar-refractivity contribution >= 4 is 67.6 Å². The van der Waals surface area contributed by atoms with Crippen LogP contribution < -0.4 is 5.32 Å². The van der Waals surface area contributed by atoms with Crippen molar-refractivity contribution in [3.8, 4) is 0 Å².